The molecule has 1 aromatic heterocycles. The number of nitrogens with zero attached hydrogens (tertiary/aromatic N) is 3. The Balaban J connectivity index is 1.88. The van der Waals surface area contributed by atoms with Crippen LogP contribution in [0.3, 0.4) is 0 Å². The Bertz CT molecular complexity index is 470. The molecule has 1 saturated heterocycles. The van der Waals surface area contributed by atoms with Crippen molar-refractivity contribution in [1.29, 1.82) is 0 Å². The maximum Gasteiger partial charge on any atom is 0.334 e. The molecule has 1 atom stereocenters. The van der Waals surface area contributed by atoms with E-state index in [4.69, 9.17) is 9.84 Å². The van der Waals surface area contributed by atoms with Gasteiger partial charge in [0.2, 0.25) is 0 Å². The van der Waals surface area contributed by atoms with Crippen molar-refractivity contribution in [2.45, 2.75) is 12.1 Å². The van der Waals surface area contributed by atoms with Crippen LogP contribution in [-0.4, -0.2) is 64.8 Å². The summed E-state index contributed by atoms with van der Waals surface area (Å²) in [5.41, 5.74) is 0.159. The predicted octanol–water partition coefficient (Wildman–Crippen LogP) is -1.75. The van der Waals surface area contributed by atoms with Gasteiger partial charge in [0.05, 0.1) is 18.8 Å². The van der Waals surface area contributed by atoms with Crippen molar-refractivity contribution >= 4 is 11.9 Å². The van der Waals surface area contributed by atoms with Gasteiger partial charge in [0.1, 0.15) is 0 Å². The van der Waals surface area contributed by atoms with Crippen LogP contribution in [0.2, 0.25) is 0 Å². The first-order valence-electron chi connectivity index (χ1n) is 5.78. The molecule has 1 unspecified atom stereocenters. The van der Waals surface area contributed by atoms with Gasteiger partial charge in [-0.05, 0) is 0 Å². The highest BCUT2D eigenvalue weighted by Gasteiger charge is 2.22. The molecule has 1 aliphatic heterocycles. The molecule has 0 aromatic carbocycles. The molecule has 3 N–H and O–H groups in total. The van der Waals surface area contributed by atoms with Crippen LogP contribution in [0.25, 0.3) is 0 Å². The maximum atomic E-state index is 11.7. The molecule has 0 spiro atoms. The smallest absolute Gasteiger partial charge is 0.334 e. The fourth-order valence-corrected chi connectivity index (χ4v) is 1.57. The maximum absolute atomic E-state index is 11.7. The van der Waals surface area contributed by atoms with E-state index in [2.05, 4.69) is 20.9 Å². The van der Waals surface area contributed by atoms with Gasteiger partial charge in [0, 0.05) is 20.2 Å². The first kappa shape index (κ1) is 13.4. The van der Waals surface area contributed by atoms with Crippen LogP contribution in [0, 0.1) is 0 Å². The van der Waals surface area contributed by atoms with Crippen LogP contribution >= 0.6 is 0 Å². The molecule has 1 fully saturated rings. The lowest BCUT2D eigenvalue weighted by molar-refractivity contribution is -0.148. The summed E-state index contributed by atoms with van der Waals surface area (Å²) in [6, 6.07) is 0.222. The highest BCUT2D eigenvalue weighted by molar-refractivity contribution is 5.92. The van der Waals surface area contributed by atoms with Crippen molar-refractivity contribution in [1.82, 2.24) is 25.6 Å². The van der Waals surface area contributed by atoms with Crippen molar-refractivity contribution in [3.05, 3.63) is 11.9 Å². The number of nitrogens with one attached hydrogen (secondary N) is 2. The Kier molecular flexibility index (Phi) is 4.07. The van der Waals surface area contributed by atoms with Gasteiger partial charge in [-0.15, -0.1) is 5.10 Å². The Hall–Kier alpha value is -2.00. The Morgan fingerprint density at radius 3 is 2.95 bits per heavy atom. The highest BCUT2D eigenvalue weighted by Crippen LogP contribution is 2.09. The quantitative estimate of drug-likeness (QED) is 0.560. The Labute approximate surface area is 108 Å². The van der Waals surface area contributed by atoms with Gasteiger partial charge in [0.15, 0.2) is 11.8 Å². The Morgan fingerprint density at radius 2 is 2.42 bits per heavy atom. The van der Waals surface area contributed by atoms with E-state index >= 15 is 0 Å². The number of aromatic nitrogens is 3. The third kappa shape index (κ3) is 3.06. The van der Waals surface area contributed by atoms with Crippen LogP contribution in [0.4, 0.5) is 0 Å². The third-order valence-corrected chi connectivity index (χ3v) is 2.88. The van der Waals surface area contributed by atoms with E-state index in [1.807, 2.05) is 0 Å². The standard InChI is InChI=1S/C10H15N5O4/c1-19-8(10(17)18)4-12-9(16)7-5-15(14-13-7)6-2-11-3-6/h5-6,8,11H,2-4H2,1H3,(H,12,16)(H,17,18). The van der Waals surface area contributed by atoms with Gasteiger partial charge >= 0.3 is 5.97 Å². The monoisotopic (exact) mass is 269 g/mol. The Morgan fingerprint density at radius 1 is 1.68 bits per heavy atom. The van der Waals surface area contributed by atoms with E-state index in [-0.39, 0.29) is 18.3 Å². The van der Waals surface area contributed by atoms with E-state index in [0.717, 1.165) is 13.1 Å². The average Bonchev–Trinajstić information content (AvgIpc) is 2.76. The zero-order valence-corrected chi connectivity index (χ0v) is 10.4. The zero-order valence-electron chi connectivity index (χ0n) is 10.4. The number of carbonyl (C=O) groups excluding carboxylic acids is 1. The molecule has 0 saturated carbocycles. The van der Waals surface area contributed by atoms with Crippen molar-refractivity contribution < 1.29 is 19.4 Å². The van der Waals surface area contributed by atoms with Gasteiger partial charge in [-0.3, -0.25) is 4.79 Å². The van der Waals surface area contributed by atoms with Gasteiger partial charge in [0.25, 0.3) is 5.91 Å². The number of aliphatic carboxylic acids is 1. The van der Waals surface area contributed by atoms with Gasteiger partial charge in [-0.2, -0.15) is 0 Å². The minimum absolute atomic E-state index is 0.123. The fraction of sp³-hybridized carbons (Fsp3) is 0.600. The molecule has 9 heteroatoms. The molecule has 1 amide bonds. The van der Waals surface area contributed by atoms with Crippen LogP contribution in [0.5, 0.6) is 0 Å². The molecular formula is C10H15N5O4. The van der Waals surface area contributed by atoms with Crippen LogP contribution in [0.15, 0.2) is 6.20 Å². The number of carboxylic acids is 1. The second-order valence-corrected chi connectivity index (χ2v) is 4.17. The number of carboxylic acid groups (broad SMARTS) is 1. The fourth-order valence-electron chi connectivity index (χ4n) is 1.57. The van der Waals surface area contributed by atoms with E-state index in [0.29, 0.717) is 0 Å². The number of hydrogen-bond acceptors (Lipinski definition) is 6. The number of ether oxygens (including phenoxy) is 1. The van der Waals surface area contributed by atoms with E-state index in [9.17, 15) is 9.59 Å². The number of hydrogen-bond donors (Lipinski definition) is 3. The number of rotatable bonds is 6. The van der Waals surface area contributed by atoms with Crippen LogP contribution < -0.4 is 10.6 Å². The molecule has 0 aliphatic carbocycles. The molecule has 9 nitrogen and oxygen atoms in total. The largest absolute Gasteiger partial charge is 0.479 e. The van der Waals surface area contributed by atoms with Crippen LogP contribution in [-0.2, 0) is 9.53 Å². The number of amides is 1. The molecule has 2 rings (SSSR count). The lowest BCUT2D eigenvalue weighted by atomic mass is 10.2. The predicted molar refractivity (Wildman–Crippen MR) is 62.7 cm³/mol. The minimum Gasteiger partial charge on any atom is -0.479 e. The van der Waals surface area contributed by atoms with Crippen molar-refractivity contribution in [3.63, 3.8) is 0 Å². The summed E-state index contributed by atoms with van der Waals surface area (Å²) in [6.45, 7) is 1.48. The molecular weight excluding hydrogens is 254 g/mol. The summed E-state index contributed by atoms with van der Waals surface area (Å²) < 4.78 is 6.33. The topological polar surface area (TPSA) is 118 Å². The molecule has 0 radical (unpaired) electrons. The summed E-state index contributed by atoms with van der Waals surface area (Å²) >= 11 is 0. The molecule has 2 heterocycles. The molecule has 0 bridgehead atoms. The SMILES string of the molecule is COC(CNC(=O)c1cn(C2CNC2)nn1)C(=O)O. The summed E-state index contributed by atoms with van der Waals surface area (Å²) in [7, 11) is 1.27. The highest BCUT2D eigenvalue weighted by atomic mass is 16.5. The van der Waals surface area contributed by atoms with Gasteiger partial charge in [-0.1, -0.05) is 5.21 Å². The minimum atomic E-state index is -1.13. The van der Waals surface area contributed by atoms with Gasteiger partial charge < -0.3 is 20.5 Å². The molecule has 1 aliphatic rings. The summed E-state index contributed by atoms with van der Waals surface area (Å²) in [5.74, 6) is -1.60. The number of carbonyl (C=O) groups is 2. The first-order valence-corrected chi connectivity index (χ1v) is 5.78. The second-order valence-electron chi connectivity index (χ2n) is 4.17. The van der Waals surface area contributed by atoms with Gasteiger partial charge in [-0.25, -0.2) is 9.48 Å². The third-order valence-electron chi connectivity index (χ3n) is 2.88. The average molecular weight is 269 g/mol. The van der Waals surface area contributed by atoms with Crippen molar-refractivity contribution in [2.75, 3.05) is 26.7 Å². The normalized spacial score (nSPS) is 16.7. The molecule has 104 valence electrons. The molecule has 1 aromatic rings. The van der Waals surface area contributed by atoms with Crippen molar-refractivity contribution in [2.24, 2.45) is 0 Å². The number of methoxy groups -OCH3 is 1. The lowest BCUT2D eigenvalue weighted by Gasteiger charge is -2.26. The van der Waals surface area contributed by atoms with E-state index < -0.39 is 18.0 Å². The van der Waals surface area contributed by atoms with E-state index in [1.54, 1.807) is 10.9 Å². The van der Waals surface area contributed by atoms with E-state index in [1.165, 1.54) is 7.11 Å². The lowest BCUT2D eigenvalue weighted by Crippen LogP contribution is -2.43. The summed E-state index contributed by atoms with van der Waals surface area (Å²) in [5, 5.41) is 21.9. The van der Waals surface area contributed by atoms with Crippen molar-refractivity contribution in [3.8, 4) is 0 Å². The zero-order chi connectivity index (χ0) is 13.8. The summed E-state index contributed by atoms with van der Waals surface area (Å²) in [4.78, 5) is 22.4. The molecule has 19 heavy (non-hydrogen) atoms. The second kappa shape index (κ2) is 5.76. The summed E-state index contributed by atoms with van der Waals surface area (Å²) in [6.07, 6.45) is 0.471. The first-order chi connectivity index (χ1) is 9.11. The van der Waals surface area contributed by atoms with Crippen LogP contribution in [0.1, 0.15) is 16.5 Å².